The molecular weight excluding hydrogens is 387 g/mol. The third kappa shape index (κ3) is 5.29. The number of hydrogen-bond donors (Lipinski definition) is 0. The van der Waals surface area contributed by atoms with Crippen molar-refractivity contribution >= 4 is 16.9 Å². The Bertz CT molecular complexity index is 573. The van der Waals surface area contributed by atoms with Crippen LogP contribution >= 0.6 is 11.8 Å². The standard InChI is InChI=1S/C14H11F9OS/c15-9(10(16)13(19,20)14(21,22)23)12(17,18)6-7-25-11(24)8-4-2-1-3-5-8/h1-5,9-10H,6-7H2. The molecule has 0 heterocycles. The van der Waals surface area contributed by atoms with Gasteiger partial charge in [-0.25, -0.2) is 17.6 Å². The van der Waals surface area contributed by atoms with Crippen LogP contribution in [0.3, 0.4) is 0 Å². The number of carbonyl (C=O) groups is 1. The van der Waals surface area contributed by atoms with Crippen molar-refractivity contribution in [2.24, 2.45) is 0 Å². The summed E-state index contributed by atoms with van der Waals surface area (Å²) in [5, 5.41) is -0.691. The molecule has 0 aromatic heterocycles. The second-order valence-electron chi connectivity index (χ2n) is 4.94. The van der Waals surface area contributed by atoms with Crippen LogP contribution in [0.4, 0.5) is 39.5 Å². The molecule has 1 aromatic rings. The number of carbonyl (C=O) groups excluding carboxylic acids is 1. The first-order valence-electron chi connectivity index (χ1n) is 6.63. The Balaban J connectivity index is 2.66. The molecule has 0 saturated carbocycles. The molecule has 25 heavy (non-hydrogen) atoms. The Morgan fingerprint density at radius 2 is 1.44 bits per heavy atom. The summed E-state index contributed by atoms with van der Waals surface area (Å²) < 4.78 is 114. The lowest BCUT2D eigenvalue weighted by Gasteiger charge is -2.29. The molecule has 0 N–H and O–H groups in total. The van der Waals surface area contributed by atoms with E-state index in [-0.39, 0.29) is 17.3 Å². The fraction of sp³-hybridized carbons (Fsp3) is 0.500. The van der Waals surface area contributed by atoms with Crippen molar-refractivity contribution in [1.82, 2.24) is 0 Å². The highest BCUT2D eigenvalue weighted by Crippen LogP contribution is 2.44. The average molecular weight is 398 g/mol. The second kappa shape index (κ2) is 7.88. The zero-order valence-corrected chi connectivity index (χ0v) is 13.0. The third-order valence-corrected chi connectivity index (χ3v) is 3.97. The molecule has 1 nitrogen and oxygen atoms in total. The van der Waals surface area contributed by atoms with E-state index in [0.717, 1.165) is 0 Å². The number of rotatable bonds is 7. The van der Waals surface area contributed by atoms with E-state index in [0.29, 0.717) is 0 Å². The Morgan fingerprint density at radius 3 is 1.92 bits per heavy atom. The molecule has 0 fully saturated rings. The summed E-state index contributed by atoms with van der Waals surface area (Å²) in [5.41, 5.74) is 0.125. The molecule has 0 bridgehead atoms. The van der Waals surface area contributed by atoms with Crippen molar-refractivity contribution in [3.05, 3.63) is 35.9 Å². The predicted molar refractivity (Wildman–Crippen MR) is 73.6 cm³/mol. The van der Waals surface area contributed by atoms with E-state index in [2.05, 4.69) is 0 Å². The van der Waals surface area contributed by atoms with E-state index in [1.54, 1.807) is 6.07 Å². The van der Waals surface area contributed by atoms with Gasteiger partial charge < -0.3 is 0 Å². The van der Waals surface area contributed by atoms with Gasteiger partial charge in [-0.2, -0.15) is 22.0 Å². The Morgan fingerprint density at radius 1 is 0.920 bits per heavy atom. The van der Waals surface area contributed by atoms with Gasteiger partial charge in [0.25, 0.3) is 5.92 Å². The minimum Gasteiger partial charge on any atom is -0.282 e. The van der Waals surface area contributed by atoms with Gasteiger partial charge in [-0.3, -0.25) is 4.79 Å². The smallest absolute Gasteiger partial charge is 0.282 e. The van der Waals surface area contributed by atoms with Crippen molar-refractivity contribution in [3.63, 3.8) is 0 Å². The Labute approximate surface area is 140 Å². The topological polar surface area (TPSA) is 17.1 Å². The first-order chi connectivity index (χ1) is 11.3. The highest BCUT2D eigenvalue weighted by molar-refractivity contribution is 8.14. The number of halogens is 9. The van der Waals surface area contributed by atoms with Gasteiger partial charge in [-0.15, -0.1) is 0 Å². The van der Waals surface area contributed by atoms with Gasteiger partial charge in [0.2, 0.25) is 17.5 Å². The third-order valence-electron chi connectivity index (χ3n) is 3.06. The normalized spacial score (nSPS) is 15.7. The van der Waals surface area contributed by atoms with Crippen LogP contribution in [0.2, 0.25) is 0 Å². The summed E-state index contributed by atoms with van der Waals surface area (Å²) >= 11 is 0.281. The highest BCUT2D eigenvalue weighted by Gasteiger charge is 2.68. The lowest BCUT2D eigenvalue weighted by atomic mass is 10.0. The monoisotopic (exact) mass is 398 g/mol. The zero-order chi connectivity index (χ0) is 19.5. The molecule has 1 rings (SSSR count). The lowest BCUT2D eigenvalue weighted by Crippen LogP contribution is -2.53. The Hall–Kier alpha value is -1.39. The molecule has 0 spiro atoms. The van der Waals surface area contributed by atoms with Crippen LogP contribution in [-0.4, -0.2) is 41.2 Å². The summed E-state index contributed by atoms with van der Waals surface area (Å²) in [5.74, 6) is -11.9. The molecule has 0 aliphatic rings. The minimum absolute atomic E-state index is 0.125. The number of alkyl halides is 9. The van der Waals surface area contributed by atoms with Gasteiger partial charge in [0.15, 0.2) is 0 Å². The van der Waals surface area contributed by atoms with Crippen molar-refractivity contribution in [1.29, 1.82) is 0 Å². The van der Waals surface area contributed by atoms with Crippen molar-refractivity contribution in [2.45, 2.75) is 36.8 Å². The predicted octanol–water partition coefficient (Wildman–Crippen LogP) is 5.46. The fourth-order valence-corrected chi connectivity index (χ4v) is 2.49. The largest absolute Gasteiger partial charge is 0.456 e. The van der Waals surface area contributed by atoms with Crippen LogP contribution < -0.4 is 0 Å². The maximum Gasteiger partial charge on any atom is 0.456 e. The van der Waals surface area contributed by atoms with E-state index < -0.39 is 47.7 Å². The average Bonchev–Trinajstić information content (AvgIpc) is 2.52. The first-order valence-corrected chi connectivity index (χ1v) is 7.62. The van der Waals surface area contributed by atoms with Gasteiger partial charge in [0.1, 0.15) is 0 Å². The first kappa shape index (κ1) is 21.7. The molecule has 0 aliphatic heterocycles. The molecule has 0 radical (unpaired) electrons. The summed E-state index contributed by atoms with van der Waals surface area (Å²) in [6, 6.07) is 7.24. The van der Waals surface area contributed by atoms with Crippen LogP contribution in [0.25, 0.3) is 0 Å². The van der Waals surface area contributed by atoms with E-state index in [1.165, 1.54) is 24.3 Å². The summed E-state index contributed by atoms with van der Waals surface area (Å²) in [4.78, 5) is 11.6. The van der Waals surface area contributed by atoms with Gasteiger partial charge in [-0.05, 0) is 0 Å². The SMILES string of the molecule is O=C(SCCC(F)(F)C(F)C(F)C(F)(F)C(F)(F)F)c1ccccc1. The molecule has 0 amide bonds. The number of thioether (sulfide) groups is 1. The van der Waals surface area contributed by atoms with Crippen LogP contribution in [0.15, 0.2) is 30.3 Å². The Kier molecular flexibility index (Phi) is 6.82. The molecule has 0 aliphatic carbocycles. The fourth-order valence-electron chi connectivity index (χ4n) is 1.63. The van der Waals surface area contributed by atoms with E-state index in [9.17, 15) is 44.3 Å². The molecule has 142 valence electrons. The van der Waals surface area contributed by atoms with E-state index in [4.69, 9.17) is 0 Å². The molecule has 1 aromatic carbocycles. The van der Waals surface area contributed by atoms with E-state index >= 15 is 0 Å². The van der Waals surface area contributed by atoms with Crippen molar-refractivity contribution in [2.75, 3.05) is 5.75 Å². The van der Waals surface area contributed by atoms with Crippen LogP contribution in [0, 0.1) is 0 Å². The highest BCUT2D eigenvalue weighted by atomic mass is 32.2. The summed E-state index contributed by atoms with van der Waals surface area (Å²) in [6.45, 7) is 0. The van der Waals surface area contributed by atoms with E-state index in [1.807, 2.05) is 0 Å². The second-order valence-corrected chi connectivity index (χ2v) is 6.00. The summed E-state index contributed by atoms with van der Waals surface area (Å²) in [6.07, 6.45) is -17.2. The molecule has 2 unspecified atom stereocenters. The zero-order valence-electron chi connectivity index (χ0n) is 12.2. The van der Waals surface area contributed by atoms with Crippen LogP contribution in [-0.2, 0) is 0 Å². The maximum atomic E-state index is 13.4. The molecule has 0 saturated heterocycles. The number of hydrogen-bond acceptors (Lipinski definition) is 2. The maximum absolute atomic E-state index is 13.4. The van der Waals surface area contributed by atoms with Gasteiger partial charge in [0.05, 0.1) is 0 Å². The van der Waals surface area contributed by atoms with Gasteiger partial charge in [-0.1, -0.05) is 42.1 Å². The van der Waals surface area contributed by atoms with Crippen molar-refractivity contribution in [3.8, 4) is 0 Å². The van der Waals surface area contributed by atoms with Crippen molar-refractivity contribution < 1.29 is 44.3 Å². The molecule has 11 heteroatoms. The van der Waals surface area contributed by atoms with Gasteiger partial charge >= 0.3 is 12.1 Å². The van der Waals surface area contributed by atoms with Crippen LogP contribution in [0.5, 0.6) is 0 Å². The summed E-state index contributed by atoms with van der Waals surface area (Å²) in [7, 11) is 0. The quantitative estimate of drug-likeness (QED) is 0.568. The molecule has 2 atom stereocenters. The number of benzene rings is 1. The van der Waals surface area contributed by atoms with Crippen LogP contribution in [0.1, 0.15) is 16.8 Å². The lowest BCUT2D eigenvalue weighted by molar-refractivity contribution is -0.317. The minimum atomic E-state index is -6.51. The van der Waals surface area contributed by atoms with Gasteiger partial charge in [0, 0.05) is 17.7 Å². The molecular formula is C14H11F9OS.